The van der Waals surface area contributed by atoms with Gasteiger partial charge in [-0.05, 0) is 12.0 Å². The van der Waals surface area contributed by atoms with Gasteiger partial charge >= 0.3 is 0 Å². The molecular weight excluding hydrogens is 284 g/mol. The molecule has 0 aliphatic heterocycles. The second-order valence-corrected chi connectivity index (χ2v) is 5.36. The fraction of sp³-hybridized carbons (Fsp3) is 0.267. The normalized spacial score (nSPS) is 11.9. The van der Waals surface area contributed by atoms with E-state index in [1.165, 1.54) is 0 Å². The molecule has 0 fully saturated rings. The van der Waals surface area contributed by atoms with Gasteiger partial charge in [-0.1, -0.05) is 42.5 Å². The molecule has 21 heavy (non-hydrogen) atoms. The van der Waals surface area contributed by atoms with Gasteiger partial charge in [-0.15, -0.1) is 0 Å². The number of amides is 1. The predicted octanol–water partition coefficient (Wildman–Crippen LogP) is 1.18. The summed E-state index contributed by atoms with van der Waals surface area (Å²) in [5.41, 5.74) is 7.68. The number of carbonyl (C=O) groups excluding carboxylic acids is 1. The number of carbonyl (C=O) groups is 1. The molecule has 2 aromatic rings. The molecule has 0 aliphatic rings. The Hall–Kier alpha value is -2.21. The van der Waals surface area contributed by atoms with Crippen molar-refractivity contribution in [3.05, 3.63) is 53.9 Å². The lowest BCUT2D eigenvalue weighted by Crippen LogP contribution is -2.38. The number of rotatable bonds is 6. The molecule has 1 amide bonds. The van der Waals surface area contributed by atoms with Crippen LogP contribution in [0.1, 0.15) is 11.1 Å². The number of thiocarbonyl (C=S) groups is 1. The SMILES string of the molecule is Cn1cc(CNC(=O)C(Cc2ccccc2)C(N)=S)cn1. The van der Waals surface area contributed by atoms with E-state index in [2.05, 4.69) is 10.4 Å². The summed E-state index contributed by atoms with van der Waals surface area (Å²) in [5.74, 6) is -0.658. The Morgan fingerprint density at radius 3 is 2.67 bits per heavy atom. The number of nitrogens with two attached hydrogens (primary N) is 1. The Morgan fingerprint density at radius 1 is 1.38 bits per heavy atom. The summed E-state index contributed by atoms with van der Waals surface area (Å²) in [5, 5.41) is 6.91. The fourth-order valence-corrected chi connectivity index (χ4v) is 2.24. The summed E-state index contributed by atoms with van der Waals surface area (Å²) in [6.45, 7) is 0.417. The van der Waals surface area contributed by atoms with Gasteiger partial charge in [-0.25, -0.2) is 0 Å². The van der Waals surface area contributed by atoms with Crippen molar-refractivity contribution in [2.75, 3.05) is 0 Å². The van der Waals surface area contributed by atoms with E-state index in [0.717, 1.165) is 11.1 Å². The average molecular weight is 302 g/mol. The van der Waals surface area contributed by atoms with Crippen LogP contribution in [0.4, 0.5) is 0 Å². The van der Waals surface area contributed by atoms with E-state index in [-0.39, 0.29) is 10.9 Å². The molecule has 1 aromatic carbocycles. The molecule has 6 heteroatoms. The van der Waals surface area contributed by atoms with Crippen molar-refractivity contribution in [1.29, 1.82) is 0 Å². The van der Waals surface area contributed by atoms with Crippen molar-refractivity contribution in [2.45, 2.75) is 13.0 Å². The molecule has 0 radical (unpaired) electrons. The van der Waals surface area contributed by atoms with Gasteiger partial charge in [0.05, 0.1) is 17.1 Å². The summed E-state index contributed by atoms with van der Waals surface area (Å²) in [6, 6.07) is 9.71. The quantitative estimate of drug-likeness (QED) is 0.786. The van der Waals surface area contributed by atoms with Crippen LogP contribution in [0.2, 0.25) is 0 Å². The Bertz CT molecular complexity index is 624. The smallest absolute Gasteiger partial charge is 0.230 e. The van der Waals surface area contributed by atoms with Gasteiger partial charge < -0.3 is 11.1 Å². The molecule has 1 heterocycles. The minimum absolute atomic E-state index is 0.157. The van der Waals surface area contributed by atoms with Gasteiger partial charge in [0.15, 0.2) is 0 Å². The molecule has 0 saturated heterocycles. The average Bonchev–Trinajstić information content (AvgIpc) is 2.89. The zero-order chi connectivity index (χ0) is 15.2. The molecular formula is C15H18N4OS. The van der Waals surface area contributed by atoms with E-state index in [9.17, 15) is 4.79 Å². The Balaban J connectivity index is 1.97. The van der Waals surface area contributed by atoms with Crippen LogP contribution in [0, 0.1) is 5.92 Å². The third-order valence-corrected chi connectivity index (χ3v) is 3.45. The first kappa shape index (κ1) is 15.2. The monoisotopic (exact) mass is 302 g/mol. The topological polar surface area (TPSA) is 72.9 Å². The minimum atomic E-state index is -0.501. The summed E-state index contributed by atoms with van der Waals surface area (Å²) in [4.78, 5) is 12.5. The van der Waals surface area contributed by atoms with Crippen molar-refractivity contribution < 1.29 is 4.79 Å². The van der Waals surface area contributed by atoms with Crippen molar-refractivity contribution >= 4 is 23.1 Å². The number of hydrogen-bond acceptors (Lipinski definition) is 3. The van der Waals surface area contributed by atoms with Gasteiger partial charge in [-0.2, -0.15) is 5.10 Å². The zero-order valence-electron chi connectivity index (χ0n) is 11.8. The highest BCUT2D eigenvalue weighted by Gasteiger charge is 2.21. The lowest BCUT2D eigenvalue weighted by Gasteiger charge is -2.15. The van der Waals surface area contributed by atoms with Crippen LogP contribution in [-0.2, 0) is 24.8 Å². The molecule has 2 rings (SSSR count). The number of hydrogen-bond donors (Lipinski definition) is 2. The number of aryl methyl sites for hydroxylation is 1. The highest BCUT2D eigenvalue weighted by atomic mass is 32.1. The third-order valence-electron chi connectivity index (χ3n) is 3.17. The lowest BCUT2D eigenvalue weighted by molar-refractivity contribution is -0.123. The zero-order valence-corrected chi connectivity index (χ0v) is 12.6. The van der Waals surface area contributed by atoms with Crippen LogP contribution in [0.5, 0.6) is 0 Å². The van der Waals surface area contributed by atoms with Gasteiger partial charge in [0.2, 0.25) is 5.91 Å². The van der Waals surface area contributed by atoms with Crippen molar-refractivity contribution in [3.63, 3.8) is 0 Å². The molecule has 0 aliphatic carbocycles. The molecule has 0 saturated carbocycles. The fourth-order valence-electron chi connectivity index (χ4n) is 2.05. The molecule has 5 nitrogen and oxygen atoms in total. The van der Waals surface area contributed by atoms with E-state index in [0.29, 0.717) is 13.0 Å². The Morgan fingerprint density at radius 2 is 2.10 bits per heavy atom. The maximum absolute atomic E-state index is 12.3. The minimum Gasteiger partial charge on any atom is -0.393 e. The van der Waals surface area contributed by atoms with Crippen molar-refractivity contribution in [3.8, 4) is 0 Å². The molecule has 1 unspecified atom stereocenters. The van der Waals surface area contributed by atoms with Crippen LogP contribution >= 0.6 is 12.2 Å². The first-order chi connectivity index (χ1) is 10.1. The van der Waals surface area contributed by atoms with Gasteiger partial charge in [0.1, 0.15) is 0 Å². The maximum Gasteiger partial charge on any atom is 0.230 e. The molecule has 1 atom stereocenters. The van der Waals surface area contributed by atoms with Crippen LogP contribution in [0.25, 0.3) is 0 Å². The highest BCUT2D eigenvalue weighted by molar-refractivity contribution is 7.80. The summed E-state index contributed by atoms with van der Waals surface area (Å²) < 4.78 is 1.69. The van der Waals surface area contributed by atoms with Crippen LogP contribution in [0.3, 0.4) is 0 Å². The van der Waals surface area contributed by atoms with E-state index in [1.54, 1.807) is 10.9 Å². The van der Waals surface area contributed by atoms with Crippen molar-refractivity contribution in [2.24, 2.45) is 18.7 Å². The van der Waals surface area contributed by atoms with Crippen LogP contribution in [-0.4, -0.2) is 20.7 Å². The van der Waals surface area contributed by atoms with Crippen molar-refractivity contribution in [1.82, 2.24) is 15.1 Å². The summed E-state index contributed by atoms with van der Waals surface area (Å²) >= 11 is 5.03. The Kier molecular flexibility index (Phi) is 5.05. The molecule has 0 spiro atoms. The number of benzene rings is 1. The van der Waals surface area contributed by atoms with Gasteiger partial charge in [-0.3, -0.25) is 9.48 Å². The summed E-state index contributed by atoms with van der Waals surface area (Å²) in [7, 11) is 1.83. The van der Waals surface area contributed by atoms with E-state index in [1.807, 2.05) is 43.6 Å². The number of nitrogens with zero attached hydrogens (tertiary/aromatic N) is 2. The number of nitrogens with one attached hydrogen (secondary N) is 1. The van der Waals surface area contributed by atoms with E-state index >= 15 is 0 Å². The lowest BCUT2D eigenvalue weighted by atomic mass is 9.98. The van der Waals surface area contributed by atoms with Crippen LogP contribution in [0.15, 0.2) is 42.7 Å². The third kappa shape index (κ3) is 4.39. The van der Waals surface area contributed by atoms with Crippen LogP contribution < -0.4 is 11.1 Å². The molecule has 0 bridgehead atoms. The molecule has 110 valence electrons. The summed E-state index contributed by atoms with van der Waals surface area (Å²) in [6.07, 6.45) is 4.08. The largest absolute Gasteiger partial charge is 0.393 e. The second-order valence-electron chi connectivity index (χ2n) is 4.88. The Labute approximate surface area is 129 Å². The standard InChI is InChI=1S/C15H18N4OS/c1-19-10-12(9-18-19)8-17-15(20)13(14(16)21)7-11-5-3-2-4-6-11/h2-6,9-10,13H,7-8H2,1H3,(H2,16,21)(H,17,20). The first-order valence-electron chi connectivity index (χ1n) is 6.64. The first-order valence-corrected chi connectivity index (χ1v) is 7.05. The molecule has 1 aromatic heterocycles. The van der Waals surface area contributed by atoms with Gasteiger partial charge in [0, 0.05) is 25.4 Å². The number of aromatic nitrogens is 2. The second kappa shape index (κ2) is 6.99. The van der Waals surface area contributed by atoms with Gasteiger partial charge in [0.25, 0.3) is 0 Å². The van der Waals surface area contributed by atoms with E-state index in [4.69, 9.17) is 18.0 Å². The predicted molar refractivity (Wildman–Crippen MR) is 85.5 cm³/mol. The highest BCUT2D eigenvalue weighted by Crippen LogP contribution is 2.10. The van der Waals surface area contributed by atoms with E-state index < -0.39 is 5.92 Å². The maximum atomic E-state index is 12.3. The molecule has 3 N–H and O–H groups in total.